The summed E-state index contributed by atoms with van der Waals surface area (Å²) in [4.78, 5) is 11.1. The average molecular weight is 407 g/mol. The summed E-state index contributed by atoms with van der Waals surface area (Å²) in [7, 11) is 0. The van der Waals surface area contributed by atoms with Gasteiger partial charge in [-0.2, -0.15) is 0 Å². The standard InChI is InChI=1S/C21H24ClFN2O3/c1-3-17(25-12(2)10-19(24)26)15-6-7-16(22)21(20(15)23)28-14-5-4-13-8-9-27-18(13)11-14/h4-7,11-12,17,25H,3,8-10H2,1-2H3,(H2,24,26)/t12-,17-/m1/s1. The molecule has 2 aromatic carbocycles. The molecule has 0 spiro atoms. The van der Waals surface area contributed by atoms with E-state index in [2.05, 4.69) is 5.32 Å². The second kappa shape index (κ2) is 8.80. The molecule has 3 N–H and O–H groups in total. The molecule has 0 saturated carbocycles. The Balaban J connectivity index is 1.85. The van der Waals surface area contributed by atoms with Crippen LogP contribution in [0.3, 0.4) is 0 Å². The Labute approximate surface area is 169 Å². The van der Waals surface area contributed by atoms with E-state index < -0.39 is 11.7 Å². The van der Waals surface area contributed by atoms with Crippen molar-refractivity contribution in [2.75, 3.05) is 6.61 Å². The molecule has 0 radical (unpaired) electrons. The van der Waals surface area contributed by atoms with Gasteiger partial charge in [-0.3, -0.25) is 4.79 Å². The maximum Gasteiger partial charge on any atom is 0.218 e. The van der Waals surface area contributed by atoms with E-state index in [1.165, 1.54) is 0 Å². The van der Waals surface area contributed by atoms with Crippen LogP contribution in [-0.2, 0) is 11.2 Å². The fourth-order valence-corrected chi connectivity index (χ4v) is 3.55. The third-order valence-electron chi connectivity index (χ3n) is 4.74. The molecule has 2 aromatic rings. The summed E-state index contributed by atoms with van der Waals surface area (Å²) in [5.41, 5.74) is 6.78. The SMILES string of the molecule is CC[C@@H](N[C@H](C)CC(N)=O)c1ccc(Cl)c(Oc2ccc3c(c2)OCC3)c1F. The van der Waals surface area contributed by atoms with Crippen molar-refractivity contribution < 1.29 is 18.7 Å². The van der Waals surface area contributed by atoms with E-state index in [0.717, 1.165) is 17.7 Å². The maximum absolute atomic E-state index is 15.3. The van der Waals surface area contributed by atoms with Gasteiger partial charge < -0.3 is 20.5 Å². The first-order valence-electron chi connectivity index (χ1n) is 9.34. The molecule has 5 nitrogen and oxygen atoms in total. The first-order valence-corrected chi connectivity index (χ1v) is 9.72. The second-order valence-corrected chi connectivity index (χ2v) is 7.36. The van der Waals surface area contributed by atoms with Crippen molar-refractivity contribution in [2.24, 2.45) is 5.73 Å². The molecule has 0 aromatic heterocycles. The van der Waals surface area contributed by atoms with E-state index in [9.17, 15) is 4.79 Å². The number of halogens is 2. The quantitative estimate of drug-likeness (QED) is 0.676. The summed E-state index contributed by atoms with van der Waals surface area (Å²) in [6.45, 7) is 4.40. The van der Waals surface area contributed by atoms with Crippen molar-refractivity contribution in [3.63, 3.8) is 0 Å². The summed E-state index contributed by atoms with van der Waals surface area (Å²) < 4.78 is 26.6. The van der Waals surface area contributed by atoms with Crippen molar-refractivity contribution in [3.8, 4) is 17.2 Å². The molecule has 7 heteroatoms. The Hall–Kier alpha value is -2.31. The van der Waals surface area contributed by atoms with Crippen molar-refractivity contribution >= 4 is 17.5 Å². The summed E-state index contributed by atoms with van der Waals surface area (Å²) in [6.07, 6.45) is 1.64. The van der Waals surface area contributed by atoms with Gasteiger partial charge in [0.05, 0.1) is 11.6 Å². The molecular formula is C21H24ClFN2O3. The van der Waals surface area contributed by atoms with Crippen LogP contribution >= 0.6 is 11.6 Å². The number of nitrogens with one attached hydrogen (secondary N) is 1. The number of primary amides is 1. The lowest BCUT2D eigenvalue weighted by Crippen LogP contribution is -2.34. The molecule has 0 aliphatic carbocycles. The van der Waals surface area contributed by atoms with Crippen LogP contribution < -0.4 is 20.5 Å². The third kappa shape index (κ3) is 4.56. The topological polar surface area (TPSA) is 73.6 Å². The zero-order valence-corrected chi connectivity index (χ0v) is 16.7. The van der Waals surface area contributed by atoms with E-state index in [4.69, 9.17) is 26.8 Å². The number of hydrogen-bond acceptors (Lipinski definition) is 4. The Morgan fingerprint density at radius 1 is 1.39 bits per heavy atom. The smallest absolute Gasteiger partial charge is 0.218 e. The van der Waals surface area contributed by atoms with Gasteiger partial charge in [0.2, 0.25) is 5.91 Å². The van der Waals surface area contributed by atoms with Gasteiger partial charge in [-0.05, 0) is 31.0 Å². The Morgan fingerprint density at radius 3 is 2.89 bits per heavy atom. The number of fused-ring (bicyclic) bond motifs is 1. The molecular weight excluding hydrogens is 383 g/mol. The van der Waals surface area contributed by atoms with Crippen molar-refractivity contribution in [1.82, 2.24) is 5.32 Å². The Bertz CT molecular complexity index is 875. The highest BCUT2D eigenvalue weighted by molar-refractivity contribution is 6.32. The van der Waals surface area contributed by atoms with E-state index in [1.54, 1.807) is 24.3 Å². The fraction of sp³-hybridized carbons (Fsp3) is 0.381. The van der Waals surface area contributed by atoms with Crippen LogP contribution in [0.5, 0.6) is 17.2 Å². The first-order chi connectivity index (χ1) is 13.4. The molecule has 0 fully saturated rings. The molecule has 1 aliphatic heterocycles. The largest absolute Gasteiger partial charge is 0.493 e. The highest BCUT2D eigenvalue weighted by Crippen LogP contribution is 2.38. The van der Waals surface area contributed by atoms with Gasteiger partial charge in [-0.15, -0.1) is 0 Å². The highest BCUT2D eigenvalue weighted by atomic mass is 35.5. The lowest BCUT2D eigenvalue weighted by atomic mass is 10.0. The molecule has 150 valence electrons. The lowest BCUT2D eigenvalue weighted by molar-refractivity contribution is -0.118. The number of ether oxygens (including phenoxy) is 2. The molecule has 3 rings (SSSR count). The van der Waals surface area contributed by atoms with Gasteiger partial charge in [0.25, 0.3) is 0 Å². The minimum atomic E-state index is -0.528. The molecule has 2 atom stereocenters. The Morgan fingerprint density at radius 2 is 2.18 bits per heavy atom. The lowest BCUT2D eigenvalue weighted by Gasteiger charge is -2.23. The number of amides is 1. The predicted molar refractivity (Wildman–Crippen MR) is 107 cm³/mol. The highest BCUT2D eigenvalue weighted by Gasteiger charge is 2.23. The number of rotatable bonds is 8. The average Bonchev–Trinajstić information content (AvgIpc) is 3.11. The summed E-state index contributed by atoms with van der Waals surface area (Å²) in [6, 6.07) is 8.19. The minimum absolute atomic E-state index is 0.0279. The summed E-state index contributed by atoms with van der Waals surface area (Å²) >= 11 is 6.21. The van der Waals surface area contributed by atoms with Crippen LogP contribution in [0, 0.1) is 5.82 Å². The zero-order valence-electron chi connectivity index (χ0n) is 15.9. The van der Waals surface area contributed by atoms with Gasteiger partial charge in [-0.1, -0.05) is 30.7 Å². The first kappa shape index (κ1) is 20.4. The molecule has 0 saturated heterocycles. The van der Waals surface area contributed by atoms with Crippen LogP contribution in [0.2, 0.25) is 5.02 Å². The Kier molecular flexibility index (Phi) is 6.42. The van der Waals surface area contributed by atoms with Crippen LogP contribution in [0.25, 0.3) is 0 Å². The van der Waals surface area contributed by atoms with E-state index in [1.807, 2.05) is 19.9 Å². The molecule has 1 aliphatic rings. The molecule has 28 heavy (non-hydrogen) atoms. The second-order valence-electron chi connectivity index (χ2n) is 6.95. The van der Waals surface area contributed by atoms with Crippen LogP contribution in [0.15, 0.2) is 30.3 Å². The number of carbonyl (C=O) groups is 1. The zero-order chi connectivity index (χ0) is 20.3. The number of carbonyl (C=O) groups excluding carboxylic acids is 1. The van der Waals surface area contributed by atoms with Gasteiger partial charge in [-0.25, -0.2) is 4.39 Å². The third-order valence-corrected chi connectivity index (χ3v) is 5.04. The summed E-state index contributed by atoms with van der Waals surface area (Å²) in [5, 5.41) is 3.42. The van der Waals surface area contributed by atoms with E-state index in [-0.39, 0.29) is 29.3 Å². The predicted octanol–water partition coefficient (Wildman–Crippen LogP) is 4.51. The fourth-order valence-electron chi connectivity index (χ4n) is 3.37. The number of nitrogens with two attached hydrogens (primary N) is 1. The van der Waals surface area contributed by atoms with Gasteiger partial charge in [0.15, 0.2) is 11.6 Å². The van der Waals surface area contributed by atoms with Crippen LogP contribution in [0.4, 0.5) is 4.39 Å². The van der Waals surface area contributed by atoms with Crippen LogP contribution in [0.1, 0.15) is 43.9 Å². The van der Waals surface area contributed by atoms with Crippen molar-refractivity contribution in [3.05, 3.63) is 52.3 Å². The maximum atomic E-state index is 15.3. The van der Waals surface area contributed by atoms with Crippen molar-refractivity contribution in [1.29, 1.82) is 0 Å². The monoisotopic (exact) mass is 406 g/mol. The van der Waals surface area contributed by atoms with Crippen molar-refractivity contribution in [2.45, 2.75) is 45.2 Å². The van der Waals surface area contributed by atoms with Crippen LogP contribution in [-0.4, -0.2) is 18.6 Å². The molecule has 1 heterocycles. The van der Waals surface area contributed by atoms with Gasteiger partial charge >= 0.3 is 0 Å². The minimum Gasteiger partial charge on any atom is -0.493 e. The number of hydrogen-bond donors (Lipinski definition) is 2. The molecule has 0 bridgehead atoms. The normalized spacial score (nSPS) is 14.9. The summed E-state index contributed by atoms with van der Waals surface area (Å²) in [5.74, 6) is 0.244. The van der Waals surface area contributed by atoms with Gasteiger partial charge in [0, 0.05) is 36.6 Å². The molecule has 1 amide bonds. The van der Waals surface area contributed by atoms with Gasteiger partial charge in [0.1, 0.15) is 11.5 Å². The number of benzene rings is 2. The van der Waals surface area contributed by atoms with E-state index in [0.29, 0.717) is 24.3 Å². The molecule has 0 unspecified atom stereocenters. The van der Waals surface area contributed by atoms with E-state index >= 15 is 4.39 Å².